The van der Waals surface area contributed by atoms with Gasteiger partial charge in [-0.3, -0.25) is 4.79 Å². The molecule has 39 heavy (non-hydrogen) atoms. The molecule has 0 radical (unpaired) electrons. The molecule has 1 amide bonds. The van der Waals surface area contributed by atoms with Gasteiger partial charge in [-0.2, -0.15) is 0 Å². The lowest BCUT2D eigenvalue weighted by Gasteiger charge is -2.51. The number of hydrogen-bond donors (Lipinski definition) is 0. The molecule has 6 nitrogen and oxygen atoms in total. The summed E-state index contributed by atoms with van der Waals surface area (Å²) in [6, 6.07) is 29.6. The van der Waals surface area contributed by atoms with E-state index >= 15 is 0 Å². The van der Waals surface area contributed by atoms with Crippen molar-refractivity contribution in [3.05, 3.63) is 102 Å². The second-order valence-electron chi connectivity index (χ2n) is 10.9. The number of ether oxygens (including phenoxy) is 1. The van der Waals surface area contributed by atoms with Gasteiger partial charge in [0.1, 0.15) is 17.3 Å². The van der Waals surface area contributed by atoms with E-state index in [1.807, 2.05) is 85.8 Å². The van der Waals surface area contributed by atoms with Crippen LogP contribution < -0.4 is 0 Å². The Morgan fingerprint density at radius 1 is 0.897 bits per heavy atom. The van der Waals surface area contributed by atoms with Gasteiger partial charge in [0.05, 0.1) is 0 Å². The number of benzene rings is 3. The van der Waals surface area contributed by atoms with Gasteiger partial charge in [-0.25, -0.2) is 14.6 Å². The molecule has 204 valence electrons. The second-order valence-corrected chi connectivity index (χ2v) is 11.9. The minimum absolute atomic E-state index is 0.266. The van der Waals surface area contributed by atoms with E-state index in [0.717, 1.165) is 23.3 Å². The summed E-state index contributed by atoms with van der Waals surface area (Å²) >= 11 is 1.75. The first-order chi connectivity index (χ1) is 18.8. The van der Waals surface area contributed by atoms with Gasteiger partial charge in [0.15, 0.2) is 0 Å². The second kappa shape index (κ2) is 11.9. The highest BCUT2D eigenvalue weighted by Crippen LogP contribution is 2.48. The molecule has 3 aromatic carbocycles. The molecule has 1 aliphatic carbocycles. The maximum absolute atomic E-state index is 13.4. The van der Waals surface area contributed by atoms with Gasteiger partial charge < -0.3 is 9.64 Å². The molecule has 3 aromatic rings. The zero-order valence-electron chi connectivity index (χ0n) is 22.5. The van der Waals surface area contributed by atoms with E-state index in [1.165, 1.54) is 9.80 Å². The summed E-state index contributed by atoms with van der Waals surface area (Å²) in [6.07, 6.45) is 1.70. The van der Waals surface area contributed by atoms with Crippen LogP contribution in [0, 0.1) is 5.92 Å². The van der Waals surface area contributed by atoms with Crippen molar-refractivity contribution in [2.75, 3.05) is 5.75 Å². The van der Waals surface area contributed by atoms with Crippen molar-refractivity contribution in [3.8, 4) is 0 Å². The predicted octanol–water partition coefficient (Wildman–Crippen LogP) is 6.20. The average molecular weight is 546 g/mol. The van der Waals surface area contributed by atoms with Crippen molar-refractivity contribution >= 4 is 23.6 Å². The van der Waals surface area contributed by atoms with E-state index in [-0.39, 0.29) is 5.92 Å². The van der Waals surface area contributed by atoms with Crippen LogP contribution in [0.1, 0.15) is 44.2 Å². The van der Waals surface area contributed by atoms with E-state index in [2.05, 4.69) is 19.1 Å². The highest BCUT2D eigenvalue weighted by atomic mass is 32.2. The first kappa shape index (κ1) is 27.4. The Morgan fingerprint density at radius 2 is 1.46 bits per heavy atom. The fourth-order valence-corrected chi connectivity index (χ4v) is 6.46. The number of rotatable bonds is 8. The van der Waals surface area contributed by atoms with Crippen LogP contribution in [0.25, 0.3) is 0 Å². The zero-order chi connectivity index (χ0) is 27.3. The van der Waals surface area contributed by atoms with Crippen LogP contribution in [-0.4, -0.2) is 39.8 Å². The monoisotopic (exact) mass is 545 g/mol. The molecule has 0 aromatic heterocycles. The Morgan fingerprint density at radius 3 is 2.05 bits per heavy atom. The van der Waals surface area contributed by atoms with Crippen molar-refractivity contribution in [1.82, 2.24) is 4.90 Å². The van der Waals surface area contributed by atoms with Crippen LogP contribution in [-0.2, 0) is 37.2 Å². The van der Waals surface area contributed by atoms with Crippen molar-refractivity contribution in [3.63, 3.8) is 0 Å². The third-order valence-corrected chi connectivity index (χ3v) is 9.20. The van der Waals surface area contributed by atoms with Gasteiger partial charge in [-0.15, -0.1) is 11.8 Å². The van der Waals surface area contributed by atoms with Gasteiger partial charge in [-0.05, 0) is 62.3 Å². The van der Waals surface area contributed by atoms with Crippen LogP contribution in [0.4, 0.5) is 0 Å². The quantitative estimate of drug-likeness (QED) is 0.145. The van der Waals surface area contributed by atoms with Gasteiger partial charge in [0.2, 0.25) is 0 Å². The molecule has 1 saturated heterocycles. The summed E-state index contributed by atoms with van der Waals surface area (Å²) < 4.78 is 5.94. The molecule has 0 unspecified atom stereocenters. The third-order valence-electron chi connectivity index (χ3n) is 7.88. The summed E-state index contributed by atoms with van der Waals surface area (Å²) in [5.41, 5.74) is 0.499. The predicted molar refractivity (Wildman–Crippen MR) is 151 cm³/mol. The SMILES string of the molecule is C[C@@]1(OC(=O)C(=O)N(Cc2ccccc2)Cc2ccccc2)CC[C@@H]2C[C@H]1OO[C@@]2(C)CSc1ccccc1. The van der Waals surface area contributed by atoms with Crippen molar-refractivity contribution < 1.29 is 24.1 Å². The summed E-state index contributed by atoms with van der Waals surface area (Å²) in [5.74, 6) is -0.494. The molecule has 4 atom stereocenters. The zero-order valence-corrected chi connectivity index (χ0v) is 23.3. The average Bonchev–Trinajstić information content (AvgIpc) is 2.96. The summed E-state index contributed by atoms with van der Waals surface area (Å²) in [7, 11) is 0. The lowest BCUT2D eigenvalue weighted by Crippen LogP contribution is -2.59. The number of hydrogen-bond acceptors (Lipinski definition) is 6. The van der Waals surface area contributed by atoms with Gasteiger partial charge in [0.25, 0.3) is 0 Å². The molecule has 2 fully saturated rings. The lowest BCUT2D eigenvalue weighted by molar-refractivity contribution is -0.441. The molecule has 1 heterocycles. The van der Waals surface area contributed by atoms with Crippen molar-refractivity contribution in [2.24, 2.45) is 5.92 Å². The number of nitrogens with zero attached hydrogens (tertiary/aromatic N) is 1. The molecule has 2 bridgehead atoms. The van der Waals surface area contributed by atoms with Crippen LogP contribution >= 0.6 is 11.8 Å². The molecule has 2 aliphatic rings. The molecule has 0 spiro atoms. The number of carbonyl (C=O) groups is 2. The number of amides is 1. The van der Waals surface area contributed by atoms with Crippen molar-refractivity contribution in [2.45, 2.75) is 68.4 Å². The van der Waals surface area contributed by atoms with E-state index in [9.17, 15) is 9.59 Å². The van der Waals surface area contributed by atoms with Crippen LogP contribution in [0.5, 0.6) is 0 Å². The third kappa shape index (κ3) is 6.55. The highest BCUT2D eigenvalue weighted by Gasteiger charge is 2.54. The fraction of sp³-hybridized carbons (Fsp3) is 0.375. The summed E-state index contributed by atoms with van der Waals surface area (Å²) in [5, 5.41) is 0. The van der Waals surface area contributed by atoms with E-state index in [4.69, 9.17) is 14.5 Å². The highest BCUT2D eigenvalue weighted by molar-refractivity contribution is 7.99. The van der Waals surface area contributed by atoms with Gasteiger partial charge >= 0.3 is 11.9 Å². The Kier molecular flexibility index (Phi) is 8.40. The summed E-state index contributed by atoms with van der Waals surface area (Å²) in [4.78, 5) is 41.3. The minimum atomic E-state index is -0.942. The lowest BCUT2D eigenvalue weighted by atomic mass is 9.71. The Labute approximate surface area is 234 Å². The van der Waals surface area contributed by atoms with Crippen molar-refractivity contribution in [1.29, 1.82) is 0 Å². The first-order valence-electron chi connectivity index (χ1n) is 13.5. The normalized spacial score (nSPS) is 26.0. The van der Waals surface area contributed by atoms with E-state index in [0.29, 0.717) is 25.9 Å². The number of carbonyl (C=O) groups excluding carboxylic acids is 2. The molecule has 1 saturated carbocycles. The van der Waals surface area contributed by atoms with Crippen LogP contribution in [0.2, 0.25) is 0 Å². The molecule has 1 aliphatic heterocycles. The largest absolute Gasteiger partial charge is 0.449 e. The fourth-order valence-electron chi connectivity index (χ4n) is 5.37. The van der Waals surface area contributed by atoms with Crippen LogP contribution in [0.15, 0.2) is 95.9 Å². The Hall–Kier alpha value is -3.13. The molecule has 7 heteroatoms. The van der Waals surface area contributed by atoms with Crippen LogP contribution in [0.3, 0.4) is 0 Å². The maximum Gasteiger partial charge on any atom is 0.397 e. The molecular formula is C32H35NO5S. The Bertz CT molecular complexity index is 1220. The van der Waals surface area contributed by atoms with Gasteiger partial charge in [0, 0.05) is 23.7 Å². The number of thioether (sulfide) groups is 1. The molecule has 5 rings (SSSR count). The maximum atomic E-state index is 13.4. The topological polar surface area (TPSA) is 65.1 Å². The van der Waals surface area contributed by atoms with E-state index < -0.39 is 29.2 Å². The smallest absolute Gasteiger partial charge is 0.397 e. The number of fused-ring (bicyclic) bond motifs is 2. The molecule has 0 N–H and O–H groups in total. The standard InChI is InChI=1S/C32H35NO5S/c1-31(19-18-26-20-28(31)37-38-32(26,2)23-39-27-16-10-5-11-17-27)36-30(35)29(34)33(21-24-12-6-3-7-13-24)22-25-14-8-4-9-15-25/h3-17,26,28H,18-23H2,1-2H3/t26-,28-,31-,32+/m1/s1. The first-order valence-corrected chi connectivity index (χ1v) is 14.5. The van der Waals surface area contributed by atoms with Gasteiger partial charge in [-0.1, -0.05) is 78.9 Å². The Balaban J connectivity index is 1.23. The summed E-state index contributed by atoms with van der Waals surface area (Å²) in [6.45, 7) is 4.56. The minimum Gasteiger partial charge on any atom is -0.449 e. The molecular weight excluding hydrogens is 510 g/mol. The van der Waals surface area contributed by atoms with E-state index in [1.54, 1.807) is 11.8 Å². The number of esters is 1.